The van der Waals surface area contributed by atoms with E-state index in [4.69, 9.17) is 5.73 Å². The first-order chi connectivity index (χ1) is 11.4. The first-order valence-electron chi connectivity index (χ1n) is 7.45. The van der Waals surface area contributed by atoms with Crippen LogP contribution in [0.15, 0.2) is 54.1 Å². The molecule has 2 aromatic rings. The summed E-state index contributed by atoms with van der Waals surface area (Å²) < 4.78 is 0. The zero-order chi connectivity index (χ0) is 17.7. The topological polar surface area (TPSA) is 101 Å². The van der Waals surface area contributed by atoms with Crippen LogP contribution in [0.5, 0.6) is 0 Å². The van der Waals surface area contributed by atoms with Gasteiger partial charge in [0.05, 0.1) is 11.5 Å². The lowest BCUT2D eigenvalue weighted by atomic mass is 9.90. The van der Waals surface area contributed by atoms with Gasteiger partial charge in [0.2, 0.25) is 0 Å². The lowest BCUT2D eigenvalue weighted by Gasteiger charge is -2.14. The summed E-state index contributed by atoms with van der Waals surface area (Å²) in [5.74, 6) is -3.56. The minimum absolute atomic E-state index is 0.0829. The number of aliphatic carboxylic acids is 2. The number of carboxylic acids is 2. The molecule has 0 bridgehead atoms. The van der Waals surface area contributed by atoms with Crippen molar-refractivity contribution in [2.45, 2.75) is 13.3 Å². The van der Waals surface area contributed by atoms with Gasteiger partial charge in [-0.25, -0.2) is 4.79 Å². The van der Waals surface area contributed by atoms with Gasteiger partial charge in [0.1, 0.15) is 0 Å². The highest BCUT2D eigenvalue weighted by molar-refractivity contribution is 5.98. The van der Waals surface area contributed by atoms with Crippen molar-refractivity contribution in [1.29, 1.82) is 0 Å². The van der Waals surface area contributed by atoms with Crippen molar-refractivity contribution in [2.75, 3.05) is 5.73 Å². The molecule has 1 unspecified atom stereocenters. The highest BCUT2D eigenvalue weighted by Crippen LogP contribution is 2.22. The maximum atomic E-state index is 11.6. The van der Waals surface area contributed by atoms with Crippen LogP contribution in [0.1, 0.15) is 16.7 Å². The van der Waals surface area contributed by atoms with Gasteiger partial charge in [0.15, 0.2) is 0 Å². The number of hydrogen-bond acceptors (Lipinski definition) is 3. The molecule has 0 saturated carbocycles. The monoisotopic (exact) mass is 325 g/mol. The average molecular weight is 325 g/mol. The number of nitrogen functional groups attached to an aromatic ring is 1. The van der Waals surface area contributed by atoms with Crippen LogP contribution in [-0.2, 0) is 16.0 Å². The molecule has 124 valence electrons. The fraction of sp³-hybridized carbons (Fsp3) is 0.158. The molecule has 0 amide bonds. The number of hydrogen-bond donors (Lipinski definition) is 3. The molecule has 0 saturated heterocycles. The van der Waals surface area contributed by atoms with Gasteiger partial charge < -0.3 is 15.9 Å². The quantitative estimate of drug-likeness (QED) is 0.560. The Balaban J connectivity index is 2.36. The van der Waals surface area contributed by atoms with E-state index in [1.807, 2.05) is 19.1 Å². The maximum Gasteiger partial charge on any atom is 0.332 e. The van der Waals surface area contributed by atoms with E-state index in [1.165, 1.54) is 6.08 Å². The van der Waals surface area contributed by atoms with Crippen molar-refractivity contribution in [2.24, 2.45) is 5.92 Å². The molecule has 0 aliphatic heterocycles. The predicted molar refractivity (Wildman–Crippen MR) is 92.5 cm³/mol. The molecule has 0 aromatic heterocycles. The minimum atomic E-state index is -1.24. The van der Waals surface area contributed by atoms with Gasteiger partial charge in [-0.3, -0.25) is 4.79 Å². The molecule has 0 aliphatic carbocycles. The molecule has 0 radical (unpaired) electrons. The Morgan fingerprint density at radius 3 is 2.12 bits per heavy atom. The average Bonchev–Trinajstić information content (AvgIpc) is 2.54. The molecule has 4 N–H and O–H groups in total. The number of carboxylic acid groups (broad SMARTS) is 2. The smallest absolute Gasteiger partial charge is 0.332 e. The molecule has 1 atom stereocenters. The summed E-state index contributed by atoms with van der Waals surface area (Å²) in [6.07, 6.45) is 1.50. The van der Waals surface area contributed by atoms with E-state index in [9.17, 15) is 19.8 Å². The van der Waals surface area contributed by atoms with Crippen LogP contribution in [0.25, 0.3) is 6.08 Å². The van der Waals surface area contributed by atoms with Crippen molar-refractivity contribution >= 4 is 23.7 Å². The van der Waals surface area contributed by atoms with E-state index >= 15 is 0 Å². The molecule has 2 aromatic carbocycles. The molecule has 2 rings (SSSR count). The number of aryl methyl sites for hydroxylation is 1. The SMILES string of the molecule is Cc1ccc(/C=C(\C(=O)O)C(Cc2ccc(N)cc2)C(=O)O)cc1. The first kappa shape index (κ1) is 17.3. The van der Waals surface area contributed by atoms with Crippen LogP contribution >= 0.6 is 0 Å². The van der Waals surface area contributed by atoms with Crippen molar-refractivity contribution in [1.82, 2.24) is 0 Å². The van der Waals surface area contributed by atoms with Crippen LogP contribution < -0.4 is 5.73 Å². The minimum Gasteiger partial charge on any atom is -0.481 e. The fourth-order valence-corrected chi connectivity index (χ4v) is 2.37. The maximum absolute atomic E-state index is 11.6. The molecule has 24 heavy (non-hydrogen) atoms. The van der Waals surface area contributed by atoms with E-state index in [0.717, 1.165) is 5.56 Å². The molecular weight excluding hydrogens is 306 g/mol. The lowest BCUT2D eigenvalue weighted by molar-refractivity contribution is -0.143. The largest absolute Gasteiger partial charge is 0.481 e. The Kier molecular flexibility index (Phi) is 5.37. The molecule has 0 heterocycles. The Morgan fingerprint density at radius 2 is 1.62 bits per heavy atom. The van der Waals surface area contributed by atoms with Crippen LogP contribution in [0, 0.1) is 12.8 Å². The summed E-state index contributed by atoms with van der Waals surface area (Å²) in [7, 11) is 0. The van der Waals surface area contributed by atoms with Gasteiger partial charge in [-0.2, -0.15) is 0 Å². The van der Waals surface area contributed by atoms with Gasteiger partial charge in [0, 0.05) is 5.69 Å². The molecule has 0 fully saturated rings. The van der Waals surface area contributed by atoms with E-state index in [0.29, 0.717) is 16.8 Å². The number of carbonyl (C=O) groups is 2. The lowest BCUT2D eigenvalue weighted by Crippen LogP contribution is -2.23. The highest BCUT2D eigenvalue weighted by atomic mass is 16.4. The highest BCUT2D eigenvalue weighted by Gasteiger charge is 2.27. The number of benzene rings is 2. The Hall–Kier alpha value is -3.08. The van der Waals surface area contributed by atoms with Crippen molar-refractivity contribution in [3.05, 3.63) is 70.8 Å². The van der Waals surface area contributed by atoms with Crippen molar-refractivity contribution in [3.8, 4) is 0 Å². The standard InChI is InChI=1S/C19H19NO4/c1-12-2-4-13(5-3-12)10-16(18(21)22)17(19(23)24)11-14-6-8-15(20)9-7-14/h2-10,17H,11,20H2,1H3,(H,21,22)(H,23,24)/b16-10-. The normalized spacial score (nSPS) is 12.6. The van der Waals surface area contributed by atoms with Crippen molar-refractivity contribution < 1.29 is 19.8 Å². The molecule has 0 aliphatic rings. The van der Waals surface area contributed by atoms with Crippen LogP contribution in [0.4, 0.5) is 5.69 Å². The summed E-state index contributed by atoms with van der Waals surface area (Å²) in [4.78, 5) is 23.2. The summed E-state index contributed by atoms with van der Waals surface area (Å²) in [5, 5.41) is 19.0. The van der Waals surface area contributed by atoms with Gasteiger partial charge in [0.25, 0.3) is 0 Å². The number of nitrogens with two attached hydrogens (primary N) is 1. The number of rotatable bonds is 6. The molecular formula is C19H19NO4. The first-order valence-corrected chi connectivity index (χ1v) is 7.45. The predicted octanol–water partition coefficient (Wildman–Crippen LogP) is 2.99. The van der Waals surface area contributed by atoms with Gasteiger partial charge in [-0.15, -0.1) is 0 Å². The summed E-state index contributed by atoms with van der Waals surface area (Å²) in [6.45, 7) is 1.92. The number of anilines is 1. The van der Waals surface area contributed by atoms with E-state index < -0.39 is 17.9 Å². The third-order valence-corrected chi connectivity index (χ3v) is 3.74. The van der Waals surface area contributed by atoms with E-state index in [-0.39, 0.29) is 12.0 Å². The third-order valence-electron chi connectivity index (χ3n) is 3.74. The zero-order valence-electron chi connectivity index (χ0n) is 13.3. The summed E-state index contributed by atoms with van der Waals surface area (Å²) in [5.41, 5.74) is 8.45. The third kappa shape index (κ3) is 4.46. The molecule has 5 heteroatoms. The van der Waals surface area contributed by atoms with Crippen LogP contribution in [0.3, 0.4) is 0 Å². The molecule has 5 nitrogen and oxygen atoms in total. The Morgan fingerprint density at radius 1 is 1.04 bits per heavy atom. The Bertz CT molecular complexity index is 761. The summed E-state index contributed by atoms with van der Waals surface area (Å²) in [6, 6.07) is 14.0. The van der Waals surface area contributed by atoms with Crippen LogP contribution in [-0.4, -0.2) is 22.2 Å². The second-order valence-corrected chi connectivity index (χ2v) is 5.65. The second kappa shape index (κ2) is 7.46. The van der Waals surface area contributed by atoms with Gasteiger partial charge >= 0.3 is 11.9 Å². The van der Waals surface area contributed by atoms with Gasteiger partial charge in [-0.05, 0) is 42.7 Å². The van der Waals surface area contributed by atoms with E-state index in [1.54, 1.807) is 36.4 Å². The second-order valence-electron chi connectivity index (χ2n) is 5.65. The summed E-state index contributed by atoms with van der Waals surface area (Å²) >= 11 is 0. The zero-order valence-corrected chi connectivity index (χ0v) is 13.3. The van der Waals surface area contributed by atoms with E-state index in [2.05, 4.69) is 0 Å². The van der Waals surface area contributed by atoms with Crippen molar-refractivity contribution in [3.63, 3.8) is 0 Å². The van der Waals surface area contributed by atoms with Crippen LogP contribution in [0.2, 0.25) is 0 Å². The Labute approximate surface area is 140 Å². The van der Waals surface area contributed by atoms with Gasteiger partial charge in [-0.1, -0.05) is 42.0 Å². The molecule has 0 spiro atoms. The fourth-order valence-electron chi connectivity index (χ4n) is 2.37.